The number of fused-ring (bicyclic) bond motifs is 7. The van der Waals surface area contributed by atoms with Crippen LogP contribution in [-0.2, 0) is 14.6 Å². The first kappa shape index (κ1) is 34.5. The van der Waals surface area contributed by atoms with Crippen molar-refractivity contribution in [3.63, 3.8) is 0 Å². The van der Waals surface area contributed by atoms with Crippen molar-refractivity contribution in [2.45, 2.75) is 95.4 Å². The Morgan fingerprint density at radius 3 is 2.36 bits per heavy atom. The number of nitrogens with zero attached hydrogens (tertiary/aromatic N) is 1. The molecule has 6 nitrogen and oxygen atoms in total. The van der Waals surface area contributed by atoms with Crippen LogP contribution >= 0.6 is 0 Å². The summed E-state index contributed by atoms with van der Waals surface area (Å²) >= 11 is 0.179. The van der Waals surface area contributed by atoms with E-state index in [1.54, 1.807) is 0 Å². The quantitative estimate of drug-likeness (QED) is 0.271. The minimum atomic E-state index is -2.83. The molecule has 2 saturated heterocycles. The van der Waals surface area contributed by atoms with Gasteiger partial charge in [0.2, 0.25) is 0 Å². The summed E-state index contributed by atoms with van der Waals surface area (Å²) in [4.78, 5) is 14.5. The summed E-state index contributed by atoms with van der Waals surface area (Å²) in [5.74, 6) is 2.58. The molecule has 0 spiro atoms. The molecule has 2 heterocycles. The van der Waals surface area contributed by atoms with E-state index >= 15 is 0 Å². The van der Waals surface area contributed by atoms with Gasteiger partial charge in [-0.1, -0.05) is 0 Å². The Bertz CT molecular complexity index is 1510. The van der Waals surface area contributed by atoms with Gasteiger partial charge in [-0.3, -0.25) is 0 Å². The summed E-state index contributed by atoms with van der Waals surface area (Å²) in [5, 5.41) is 4.20. The number of rotatable bonds is 6. The van der Waals surface area contributed by atoms with Gasteiger partial charge in [0.05, 0.1) is 12.7 Å². The van der Waals surface area contributed by atoms with Gasteiger partial charge in [-0.15, -0.1) is 0 Å². The topological polar surface area (TPSA) is 75.7 Å². The zero-order chi connectivity index (χ0) is 33.5. The Hall–Kier alpha value is -0.970. The third-order valence-corrected chi connectivity index (χ3v) is 21.0. The summed E-state index contributed by atoms with van der Waals surface area (Å²) < 4.78 is 31.2. The summed E-state index contributed by atoms with van der Waals surface area (Å²) in [6, 6.07) is 8.11. The summed E-state index contributed by atoms with van der Waals surface area (Å²) in [6.45, 7) is 16.5. The van der Waals surface area contributed by atoms with E-state index in [0.717, 1.165) is 35.3 Å². The van der Waals surface area contributed by atoms with Crippen LogP contribution in [0.3, 0.4) is 0 Å². The van der Waals surface area contributed by atoms with Gasteiger partial charge >= 0.3 is 274 Å². The van der Waals surface area contributed by atoms with Gasteiger partial charge in [-0.2, -0.15) is 0 Å². The van der Waals surface area contributed by atoms with Crippen LogP contribution in [-0.4, -0.2) is 78.0 Å². The van der Waals surface area contributed by atoms with Gasteiger partial charge in [0.25, 0.3) is 0 Å². The Balaban J connectivity index is 1.10. The van der Waals surface area contributed by atoms with Crippen LogP contribution in [0.2, 0.25) is 0 Å². The number of hydrogen-bond donors (Lipinski definition) is 1. The third-order valence-electron chi connectivity index (χ3n) is 15.3. The fourth-order valence-corrected chi connectivity index (χ4v) is 19.2. The number of halogens is 1. The summed E-state index contributed by atoms with van der Waals surface area (Å²) in [6.07, 6.45) is 13.1. The molecule has 0 amide bonds. The SMILES string of the molecule is COC(=O)c1ccc(C2=CC[C@@]3(C)C(CC[C@]4(C)C3CC[C@@H]3C5[I-]CC[C@]5(NCCN5CCS(=O)(=O)CC5)CC[C@]34C)C2(C)C)cc1. The zero-order valence-electron chi connectivity index (χ0n) is 29.7. The number of benzene rings is 1. The average Bonchev–Trinajstić information content (AvgIpc) is 3.46. The summed E-state index contributed by atoms with van der Waals surface area (Å²) in [7, 11) is -1.38. The fourth-order valence-electron chi connectivity index (χ4n) is 12.5. The molecule has 5 fully saturated rings. The van der Waals surface area contributed by atoms with E-state index in [-0.39, 0.29) is 32.6 Å². The van der Waals surface area contributed by atoms with Crippen LogP contribution < -0.4 is 26.5 Å². The molecule has 262 valence electrons. The van der Waals surface area contributed by atoms with Crippen molar-refractivity contribution in [2.75, 3.05) is 49.2 Å². The van der Waals surface area contributed by atoms with Crippen LogP contribution in [0.4, 0.5) is 0 Å². The van der Waals surface area contributed by atoms with E-state index in [2.05, 4.69) is 63.0 Å². The first-order valence-electron chi connectivity index (χ1n) is 18.3. The molecular weight excluding hydrogens is 719 g/mol. The second-order valence-corrected chi connectivity index (χ2v) is 23.0. The molecule has 3 unspecified atom stereocenters. The van der Waals surface area contributed by atoms with Gasteiger partial charge in [-0.25, -0.2) is 4.79 Å². The van der Waals surface area contributed by atoms with Gasteiger partial charge in [-0.05, 0) is 0 Å². The Morgan fingerprint density at radius 1 is 0.936 bits per heavy atom. The predicted molar refractivity (Wildman–Crippen MR) is 186 cm³/mol. The molecule has 1 aromatic carbocycles. The van der Waals surface area contributed by atoms with Crippen molar-refractivity contribution in [2.24, 2.45) is 39.4 Å². The molecule has 8 atom stereocenters. The van der Waals surface area contributed by atoms with Crippen LogP contribution in [0.25, 0.3) is 5.57 Å². The first-order chi connectivity index (χ1) is 22.2. The number of allylic oxidation sites excluding steroid dienone is 2. The van der Waals surface area contributed by atoms with Crippen LogP contribution in [0.1, 0.15) is 102 Å². The number of esters is 1. The number of ether oxygens (including phenoxy) is 1. The van der Waals surface area contributed by atoms with E-state index in [9.17, 15) is 13.2 Å². The Labute approximate surface area is 294 Å². The molecule has 47 heavy (non-hydrogen) atoms. The van der Waals surface area contributed by atoms with Gasteiger partial charge < -0.3 is 4.74 Å². The van der Waals surface area contributed by atoms with Crippen molar-refractivity contribution in [3.8, 4) is 0 Å². The molecule has 1 N–H and O–H groups in total. The van der Waals surface area contributed by atoms with Crippen molar-refractivity contribution in [1.29, 1.82) is 0 Å². The van der Waals surface area contributed by atoms with Crippen molar-refractivity contribution in [3.05, 3.63) is 41.5 Å². The molecule has 2 aliphatic heterocycles. The molecule has 0 bridgehead atoms. The molecule has 3 saturated carbocycles. The van der Waals surface area contributed by atoms with Crippen LogP contribution in [0.5, 0.6) is 0 Å². The number of methoxy groups -OCH3 is 1. The number of sulfone groups is 1. The average molecular weight is 778 g/mol. The second-order valence-electron chi connectivity index (χ2n) is 17.4. The summed E-state index contributed by atoms with van der Waals surface area (Å²) in [5.41, 5.74) is 4.75. The molecular formula is C39H58IN2O4S-. The third kappa shape index (κ3) is 5.42. The van der Waals surface area contributed by atoms with Crippen LogP contribution in [0.15, 0.2) is 30.3 Å². The van der Waals surface area contributed by atoms with Gasteiger partial charge in [0.1, 0.15) is 0 Å². The minimum absolute atomic E-state index is 0.0694. The number of hydrogen-bond acceptors (Lipinski definition) is 6. The molecule has 7 rings (SSSR count). The van der Waals surface area contributed by atoms with Crippen LogP contribution in [0, 0.1) is 39.4 Å². The van der Waals surface area contributed by atoms with Crippen molar-refractivity contribution < 1.29 is 39.2 Å². The van der Waals surface area contributed by atoms with Gasteiger partial charge in [0.15, 0.2) is 0 Å². The van der Waals surface area contributed by atoms with E-state index in [0.29, 0.717) is 57.9 Å². The molecule has 8 heteroatoms. The molecule has 1 aromatic rings. The maximum absolute atomic E-state index is 12.1. The molecule has 6 aliphatic rings. The van der Waals surface area contributed by atoms with E-state index in [4.69, 9.17) is 4.74 Å². The normalized spacial score (nSPS) is 42.5. The zero-order valence-corrected chi connectivity index (χ0v) is 32.6. The fraction of sp³-hybridized carbons (Fsp3) is 0.769. The molecule has 0 radical (unpaired) electrons. The van der Waals surface area contributed by atoms with Crippen molar-refractivity contribution >= 4 is 21.4 Å². The predicted octanol–water partition coefficient (Wildman–Crippen LogP) is 3.46. The number of nitrogens with one attached hydrogen (secondary N) is 1. The number of alkyl halides is 2. The van der Waals surface area contributed by atoms with E-state index < -0.39 is 9.84 Å². The first-order valence-corrected chi connectivity index (χ1v) is 22.9. The second kappa shape index (κ2) is 12.1. The molecule has 0 aromatic heterocycles. The maximum atomic E-state index is 12.1. The van der Waals surface area contributed by atoms with E-state index in [1.807, 2.05) is 12.1 Å². The Morgan fingerprint density at radius 2 is 1.66 bits per heavy atom. The number of carbonyl (C=O) groups is 1. The van der Waals surface area contributed by atoms with Crippen molar-refractivity contribution in [1.82, 2.24) is 10.2 Å². The standard InChI is InChI=1S/C39H58IN2O4S/c1-35(2)29(27-7-9-28(10-8-27)34(43)46-6)13-15-36(3)31(35)14-16-38(5)32(36)12-11-30-33-39(19-20-40-33,18-17-37(30,38)4)41-21-22-42-23-25-47(44,45)26-24-42/h7-10,13,30-33,41H,11-12,14-26H2,1-6H3/q-1/t30-,31?,32?,33?,36+,37-,38-,39-/m1/s1. The van der Waals surface area contributed by atoms with E-state index in [1.165, 1.54) is 67.6 Å². The monoisotopic (exact) mass is 777 g/mol. The number of carbonyl (C=O) groups excluding carboxylic acids is 1. The van der Waals surface area contributed by atoms with Gasteiger partial charge in [0, 0.05) is 0 Å². The molecule has 4 aliphatic carbocycles. The Kier molecular flexibility index (Phi) is 8.86.